The monoisotopic (exact) mass is 466 g/mol. The largest absolute Gasteiger partial charge is 0.461 e. The summed E-state index contributed by atoms with van der Waals surface area (Å²) in [6.45, 7) is 6.95. The fourth-order valence-corrected chi connectivity index (χ4v) is 4.17. The Hall–Kier alpha value is -3.81. The number of rotatable bonds is 7. The zero-order valence-corrected chi connectivity index (χ0v) is 18.2. The van der Waals surface area contributed by atoms with Crippen LogP contribution in [-0.2, 0) is 20.8 Å². The van der Waals surface area contributed by atoms with E-state index in [1.165, 1.54) is 22.3 Å². The van der Waals surface area contributed by atoms with Gasteiger partial charge in [0.15, 0.2) is 6.10 Å². The lowest BCUT2D eigenvalue weighted by atomic mass is 10.0. The van der Waals surface area contributed by atoms with E-state index in [0.29, 0.717) is 16.8 Å². The van der Waals surface area contributed by atoms with Gasteiger partial charge in [0, 0.05) is 16.5 Å². The number of nitrogens with zero attached hydrogens (tertiary/aromatic N) is 3. The predicted octanol–water partition coefficient (Wildman–Crippen LogP) is 3.86. The Morgan fingerprint density at radius 2 is 2.06 bits per heavy atom. The van der Waals surface area contributed by atoms with Crippen LogP contribution in [0.4, 0.5) is 14.9 Å². The Labute approximate surface area is 193 Å². The fraction of sp³-hybridized carbons (Fsp3) is 0.217. The molecule has 2 heterocycles. The third-order valence-electron chi connectivity index (χ3n) is 4.97. The van der Waals surface area contributed by atoms with E-state index in [0.717, 1.165) is 16.3 Å². The lowest BCUT2D eigenvalue weighted by Crippen LogP contribution is -2.28. The van der Waals surface area contributed by atoms with Crippen molar-refractivity contribution in [3.05, 3.63) is 70.8 Å². The summed E-state index contributed by atoms with van der Waals surface area (Å²) in [5.74, 6) is -1.08. The third kappa shape index (κ3) is 5.00. The Morgan fingerprint density at radius 1 is 1.30 bits per heavy atom. The third-order valence-corrected chi connectivity index (χ3v) is 5.91. The standard InChI is InChI=1S/C23H19FN4O4S/c1-26-10-16-13-33-22(27-16)15-4-2-14(3-5-15)19-7-6-17(8-20(19)24)28-11-18(32-23(28)30)12-31-21(29)9-25/h2-8,13,18H,9-12,25H2/t18-/m1/s1. The minimum absolute atomic E-state index is 0.107. The number of hydrogen-bond donors (Lipinski definition) is 1. The van der Waals surface area contributed by atoms with Crippen LogP contribution >= 0.6 is 11.3 Å². The van der Waals surface area contributed by atoms with Crippen molar-refractivity contribution < 1.29 is 23.5 Å². The molecule has 0 spiro atoms. The minimum atomic E-state index is -0.649. The molecule has 3 aromatic rings. The van der Waals surface area contributed by atoms with Gasteiger partial charge < -0.3 is 20.1 Å². The molecule has 1 fully saturated rings. The zero-order chi connectivity index (χ0) is 23.4. The first-order valence-electron chi connectivity index (χ1n) is 10.0. The lowest BCUT2D eigenvalue weighted by Gasteiger charge is -2.14. The van der Waals surface area contributed by atoms with Gasteiger partial charge in [0.2, 0.25) is 0 Å². The highest BCUT2D eigenvalue weighted by molar-refractivity contribution is 7.13. The van der Waals surface area contributed by atoms with Crippen LogP contribution in [0, 0.1) is 12.4 Å². The number of amides is 1. The average molecular weight is 466 g/mol. The van der Waals surface area contributed by atoms with E-state index in [4.69, 9.17) is 21.8 Å². The van der Waals surface area contributed by atoms with Crippen LogP contribution in [0.5, 0.6) is 0 Å². The molecule has 1 atom stereocenters. The van der Waals surface area contributed by atoms with Gasteiger partial charge in [-0.25, -0.2) is 20.7 Å². The molecule has 1 aromatic heterocycles. The molecule has 1 aliphatic heterocycles. The summed E-state index contributed by atoms with van der Waals surface area (Å²) in [5.41, 5.74) is 8.22. The van der Waals surface area contributed by atoms with Crippen molar-refractivity contribution in [1.29, 1.82) is 0 Å². The maximum absolute atomic E-state index is 14.9. The molecule has 0 saturated carbocycles. The van der Waals surface area contributed by atoms with Crippen molar-refractivity contribution in [3.8, 4) is 21.7 Å². The highest BCUT2D eigenvalue weighted by Gasteiger charge is 2.33. The van der Waals surface area contributed by atoms with Crippen LogP contribution in [0.2, 0.25) is 0 Å². The van der Waals surface area contributed by atoms with Gasteiger partial charge in [-0.05, 0) is 23.8 Å². The number of hydrogen-bond acceptors (Lipinski definition) is 7. The highest BCUT2D eigenvalue weighted by atomic mass is 32.1. The molecule has 168 valence electrons. The number of benzene rings is 2. The molecule has 0 unspecified atom stereocenters. The van der Waals surface area contributed by atoms with E-state index in [2.05, 4.69) is 9.83 Å². The van der Waals surface area contributed by atoms with Crippen molar-refractivity contribution in [2.75, 3.05) is 24.6 Å². The average Bonchev–Trinajstić information content (AvgIpc) is 3.44. The molecule has 10 heteroatoms. The van der Waals surface area contributed by atoms with Gasteiger partial charge in [-0.15, -0.1) is 11.3 Å². The molecule has 0 aliphatic carbocycles. The highest BCUT2D eigenvalue weighted by Crippen LogP contribution is 2.31. The summed E-state index contributed by atoms with van der Waals surface area (Å²) in [6.07, 6.45) is -1.29. The molecule has 2 N–H and O–H groups in total. The van der Waals surface area contributed by atoms with Crippen LogP contribution < -0.4 is 10.6 Å². The smallest absolute Gasteiger partial charge is 0.414 e. The number of halogens is 1. The predicted molar refractivity (Wildman–Crippen MR) is 121 cm³/mol. The van der Waals surface area contributed by atoms with E-state index in [-0.39, 0.29) is 26.2 Å². The molecule has 1 saturated heterocycles. The van der Waals surface area contributed by atoms with Crippen LogP contribution in [-0.4, -0.2) is 42.8 Å². The van der Waals surface area contributed by atoms with Gasteiger partial charge in [0.1, 0.15) is 23.1 Å². The first-order valence-corrected chi connectivity index (χ1v) is 10.9. The van der Waals surface area contributed by atoms with E-state index in [1.807, 2.05) is 17.5 Å². The van der Waals surface area contributed by atoms with Gasteiger partial charge in [0.05, 0.1) is 18.8 Å². The topological polar surface area (TPSA) is 99.1 Å². The molecule has 4 rings (SSSR count). The molecule has 0 bridgehead atoms. The quantitative estimate of drug-likeness (QED) is 0.419. The Bertz CT molecular complexity index is 1220. The van der Waals surface area contributed by atoms with Gasteiger partial charge in [-0.1, -0.05) is 24.3 Å². The van der Waals surface area contributed by atoms with Crippen molar-refractivity contribution in [3.63, 3.8) is 0 Å². The van der Waals surface area contributed by atoms with Gasteiger partial charge in [0.25, 0.3) is 6.54 Å². The molecule has 1 aliphatic rings. The second kappa shape index (κ2) is 9.77. The minimum Gasteiger partial charge on any atom is -0.461 e. The summed E-state index contributed by atoms with van der Waals surface area (Å²) in [5, 5.41) is 2.66. The lowest BCUT2D eigenvalue weighted by molar-refractivity contribution is -0.144. The maximum Gasteiger partial charge on any atom is 0.414 e. The Balaban J connectivity index is 1.47. The molecule has 33 heavy (non-hydrogen) atoms. The number of cyclic esters (lactones) is 1. The van der Waals surface area contributed by atoms with Crippen molar-refractivity contribution in [1.82, 2.24) is 4.98 Å². The second-order valence-corrected chi connectivity index (χ2v) is 8.06. The summed E-state index contributed by atoms with van der Waals surface area (Å²) < 4.78 is 25.0. The molecule has 0 radical (unpaired) electrons. The summed E-state index contributed by atoms with van der Waals surface area (Å²) in [6, 6.07) is 11.8. The first-order chi connectivity index (χ1) is 16.0. The van der Waals surface area contributed by atoms with Gasteiger partial charge in [-0.3, -0.25) is 9.69 Å². The number of aromatic nitrogens is 1. The van der Waals surface area contributed by atoms with Crippen LogP contribution in [0.25, 0.3) is 26.5 Å². The molecular formula is C23H19FN4O4S. The van der Waals surface area contributed by atoms with Crippen molar-refractivity contribution >= 4 is 29.1 Å². The number of thiazole rings is 1. The van der Waals surface area contributed by atoms with Crippen molar-refractivity contribution in [2.24, 2.45) is 5.73 Å². The molecule has 1 amide bonds. The summed E-state index contributed by atoms with van der Waals surface area (Å²) >= 11 is 1.46. The zero-order valence-electron chi connectivity index (χ0n) is 17.4. The fourth-order valence-electron chi connectivity index (χ4n) is 3.36. The number of carbonyl (C=O) groups excluding carboxylic acids is 2. The van der Waals surface area contributed by atoms with Gasteiger partial charge in [-0.2, -0.15) is 0 Å². The Morgan fingerprint density at radius 3 is 2.76 bits per heavy atom. The SMILES string of the molecule is [C-]#[N+]Cc1csc(-c2ccc(-c3ccc(N4C[C@H](COC(=O)CN)OC4=O)cc3F)cc2)n1. The van der Waals surface area contributed by atoms with E-state index in [1.54, 1.807) is 24.3 Å². The van der Waals surface area contributed by atoms with Gasteiger partial charge >= 0.3 is 12.1 Å². The second-order valence-electron chi connectivity index (χ2n) is 7.21. The van der Waals surface area contributed by atoms with Crippen LogP contribution in [0.15, 0.2) is 47.8 Å². The van der Waals surface area contributed by atoms with Crippen LogP contribution in [0.3, 0.4) is 0 Å². The number of esters is 1. The molecule has 2 aromatic carbocycles. The number of ether oxygens (including phenoxy) is 2. The molecular weight excluding hydrogens is 447 g/mol. The van der Waals surface area contributed by atoms with E-state index in [9.17, 15) is 14.0 Å². The van der Waals surface area contributed by atoms with Crippen LogP contribution in [0.1, 0.15) is 5.69 Å². The number of carbonyl (C=O) groups is 2. The normalized spacial score (nSPS) is 15.2. The number of anilines is 1. The maximum atomic E-state index is 14.9. The van der Waals surface area contributed by atoms with E-state index >= 15 is 0 Å². The van der Waals surface area contributed by atoms with Crippen molar-refractivity contribution in [2.45, 2.75) is 12.6 Å². The van der Waals surface area contributed by atoms with E-state index < -0.39 is 24.0 Å². The Kier molecular flexibility index (Phi) is 6.63. The summed E-state index contributed by atoms with van der Waals surface area (Å²) in [4.78, 5) is 32.4. The first kappa shape index (κ1) is 22.4. The summed E-state index contributed by atoms with van der Waals surface area (Å²) in [7, 11) is 0. The number of nitrogens with two attached hydrogens (primary N) is 1. The molecule has 8 nitrogen and oxygen atoms in total.